The van der Waals surface area contributed by atoms with E-state index in [4.69, 9.17) is 19.8 Å². The van der Waals surface area contributed by atoms with Gasteiger partial charge in [-0.05, 0) is 44.6 Å². The van der Waals surface area contributed by atoms with Crippen LogP contribution in [0.1, 0.15) is 19.8 Å². The van der Waals surface area contributed by atoms with E-state index in [1.165, 1.54) is 0 Å². The summed E-state index contributed by atoms with van der Waals surface area (Å²) in [7, 11) is 4.11. The van der Waals surface area contributed by atoms with E-state index in [1.54, 1.807) is 11.3 Å². The zero-order valence-electron chi connectivity index (χ0n) is 12.9. The number of hydrogen-bond acceptors (Lipinski definition) is 7. The number of nitrogens with zero attached hydrogens (tertiary/aromatic N) is 2. The van der Waals surface area contributed by atoms with Crippen LogP contribution in [0.15, 0.2) is 17.5 Å². The fourth-order valence-corrected chi connectivity index (χ4v) is 2.29. The molecule has 1 aromatic heterocycles. The van der Waals surface area contributed by atoms with E-state index in [0.29, 0.717) is 6.42 Å². The average Bonchev–Trinajstić information content (AvgIpc) is 2.97. The molecule has 0 bridgehead atoms. The van der Waals surface area contributed by atoms with Crippen molar-refractivity contribution in [1.82, 2.24) is 4.90 Å². The summed E-state index contributed by atoms with van der Waals surface area (Å²) in [6.45, 7) is 3.74. The number of hydrogen-bond donors (Lipinski definition) is 0. The van der Waals surface area contributed by atoms with Crippen molar-refractivity contribution in [1.29, 1.82) is 0 Å². The highest BCUT2D eigenvalue weighted by Crippen LogP contribution is 2.22. The number of carboxylic acids is 2. The highest BCUT2D eigenvalue weighted by molar-refractivity contribution is 7.14. The molecule has 0 aliphatic heterocycles. The van der Waals surface area contributed by atoms with Gasteiger partial charge in [0.05, 0.1) is 16.9 Å². The molecular weight excluding hydrogens is 308 g/mol. The Kier molecular flexibility index (Phi) is 9.80. The lowest BCUT2D eigenvalue weighted by Gasteiger charge is -2.21. The zero-order valence-corrected chi connectivity index (χ0v) is 13.7. The second-order valence-electron chi connectivity index (χ2n) is 4.58. The predicted molar refractivity (Wildman–Crippen MR) is 80.1 cm³/mol. The molecule has 0 fully saturated rings. The number of thiophene rings is 1. The largest absolute Gasteiger partial charge is 0.543 e. The van der Waals surface area contributed by atoms with Gasteiger partial charge in [-0.1, -0.05) is 6.92 Å². The Morgan fingerprint density at radius 3 is 2.09 bits per heavy atom. The Balaban J connectivity index is 0.000000626. The summed E-state index contributed by atoms with van der Waals surface area (Å²) in [5.74, 6) is -4.16. The van der Waals surface area contributed by atoms with Crippen molar-refractivity contribution >= 4 is 34.2 Å². The van der Waals surface area contributed by atoms with Crippen molar-refractivity contribution < 1.29 is 24.6 Å². The summed E-state index contributed by atoms with van der Waals surface area (Å²) in [5, 5.41) is 20.9. The van der Waals surface area contributed by atoms with Gasteiger partial charge in [-0.3, -0.25) is 4.79 Å². The molecule has 0 saturated carbocycles. The molecular formula is C14H20N2O5S-2. The van der Waals surface area contributed by atoms with Crippen LogP contribution >= 0.6 is 11.3 Å². The van der Waals surface area contributed by atoms with Crippen LogP contribution in [0.4, 0.5) is 5.00 Å². The van der Waals surface area contributed by atoms with Gasteiger partial charge in [0, 0.05) is 13.0 Å². The molecule has 8 heteroatoms. The molecule has 22 heavy (non-hydrogen) atoms. The number of carbonyl (C=O) groups is 3. The van der Waals surface area contributed by atoms with E-state index in [1.807, 2.05) is 29.3 Å². The van der Waals surface area contributed by atoms with Crippen molar-refractivity contribution in [2.24, 2.45) is 0 Å². The van der Waals surface area contributed by atoms with Crippen molar-refractivity contribution in [3.05, 3.63) is 17.5 Å². The highest BCUT2D eigenvalue weighted by Gasteiger charge is 2.14. The topological polar surface area (TPSA) is 104 Å². The van der Waals surface area contributed by atoms with Gasteiger partial charge in [0.15, 0.2) is 0 Å². The monoisotopic (exact) mass is 328 g/mol. The molecule has 0 spiro atoms. The zero-order chi connectivity index (χ0) is 17.1. The number of anilines is 1. The first-order valence-electron chi connectivity index (χ1n) is 6.70. The van der Waals surface area contributed by atoms with Crippen LogP contribution in [-0.2, 0) is 14.4 Å². The Bertz CT molecular complexity index is 462. The molecule has 1 rings (SSSR count). The van der Waals surface area contributed by atoms with Gasteiger partial charge in [0.1, 0.15) is 0 Å². The Hall–Kier alpha value is -1.93. The maximum atomic E-state index is 11.8. The Morgan fingerprint density at radius 2 is 1.73 bits per heavy atom. The minimum atomic E-state index is -2.19. The molecule has 0 aromatic carbocycles. The van der Waals surface area contributed by atoms with Crippen LogP contribution in [0.3, 0.4) is 0 Å². The van der Waals surface area contributed by atoms with E-state index in [9.17, 15) is 4.79 Å². The molecule has 124 valence electrons. The van der Waals surface area contributed by atoms with Crippen LogP contribution in [0.5, 0.6) is 0 Å². The molecule has 0 saturated heterocycles. The summed E-state index contributed by atoms with van der Waals surface area (Å²) in [6.07, 6.45) is 1.58. The van der Waals surface area contributed by atoms with E-state index in [0.717, 1.165) is 24.5 Å². The third kappa shape index (κ3) is 8.38. The standard InChI is InChI=1S/C12H20N2OS.C2H2O4/c1-4-11(15)14(9-6-8-13(2)3)12-7-5-10-16-12;3-1(4)2(5)6/h5,7,10H,4,6,8-9H2,1-3H3;(H,3,4)(H,5,6)/p-2. The first-order valence-corrected chi connectivity index (χ1v) is 7.58. The van der Waals surface area contributed by atoms with Crippen LogP contribution in [0.25, 0.3) is 0 Å². The Morgan fingerprint density at radius 1 is 1.14 bits per heavy atom. The lowest BCUT2D eigenvalue weighted by molar-refractivity contribution is -0.345. The SMILES string of the molecule is CCC(=O)N(CCCN(C)C)c1cccs1.O=C([O-])C(=O)[O-]. The molecule has 0 atom stereocenters. The molecule has 1 heterocycles. The summed E-state index contributed by atoms with van der Waals surface area (Å²) in [5.41, 5.74) is 0. The van der Waals surface area contributed by atoms with Gasteiger partial charge in [-0.25, -0.2) is 0 Å². The summed E-state index contributed by atoms with van der Waals surface area (Å²) in [6, 6.07) is 4.00. The van der Waals surface area contributed by atoms with Gasteiger partial charge < -0.3 is 29.6 Å². The van der Waals surface area contributed by atoms with E-state index in [-0.39, 0.29) is 5.91 Å². The second-order valence-corrected chi connectivity index (χ2v) is 5.51. The van der Waals surface area contributed by atoms with E-state index >= 15 is 0 Å². The maximum absolute atomic E-state index is 11.8. The third-order valence-corrected chi connectivity index (χ3v) is 3.42. The van der Waals surface area contributed by atoms with Crippen LogP contribution in [0.2, 0.25) is 0 Å². The number of carboxylic acid groups (broad SMARTS) is 2. The van der Waals surface area contributed by atoms with E-state index < -0.39 is 11.9 Å². The third-order valence-electron chi connectivity index (χ3n) is 2.53. The normalized spacial score (nSPS) is 9.82. The van der Waals surface area contributed by atoms with Gasteiger partial charge in [0.2, 0.25) is 5.91 Å². The van der Waals surface area contributed by atoms with E-state index in [2.05, 4.69) is 19.0 Å². The Labute approximate surface area is 133 Å². The van der Waals surface area contributed by atoms with Gasteiger partial charge in [-0.15, -0.1) is 11.3 Å². The molecule has 1 aromatic rings. The summed E-state index contributed by atoms with van der Waals surface area (Å²) in [4.78, 5) is 33.7. The van der Waals surface area contributed by atoms with Crippen molar-refractivity contribution in [3.63, 3.8) is 0 Å². The molecule has 0 unspecified atom stereocenters. The lowest BCUT2D eigenvalue weighted by atomic mass is 10.3. The van der Waals surface area contributed by atoms with Crippen LogP contribution in [-0.4, -0.2) is 49.9 Å². The molecule has 0 radical (unpaired) electrons. The minimum absolute atomic E-state index is 0.209. The summed E-state index contributed by atoms with van der Waals surface area (Å²) < 4.78 is 0. The van der Waals surface area contributed by atoms with Gasteiger partial charge >= 0.3 is 0 Å². The molecule has 0 N–H and O–H groups in total. The van der Waals surface area contributed by atoms with Crippen LogP contribution < -0.4 is 15.1 Å². The fourth-order valence-electron chi connectivity index (χ4n) is 1.52. The molecule has 0 aliphatic rings. The highest BCUT2D eigenvalue weighted by atomic mass is 32.1. The molecule has 1 amide bonds. The number of carbonyl (C=O) groups excluding carboxylic acids is 3. The smallest absolute Gasteiger partial charge is 0.227 e. The van der Waals surface area contributed by atoms with Crippen molar-refractivity contribution in [3.8, 4) is 0 Å². The first kappa shape index (κ1) is 20.1. The van der Waals surface area contributed by atoms with Gasteiger partial charge in [-0.2, -0.15) is 0 Å². The molecule has 7 nitrogen and oxygen atoms in total. The van der Waals surface area contributed by atoms with Crippen LogP contribution in [0, 0.1) is 0 Å². The summed E-state index contributed by atoms with van der Waals surface area (Å²) >= 11 is 1.63. The lowest BCUT2D eigenvalue weighted by Crippen LogP contribution is -2.42. The van der Waals surface area contributed by atoms with Crippen molar-refractivity contribution in [2.45, 2.75) is 19.8 Å². The minimum Gasteiger partial charge on any atom is -0.543 e. The second kappa shape index (κ2) is 10.7. The van der Waals surface area contributed by atoms with Crippen molar-refractivity contribution in [2.75, 3.05) is 32.1 Å². The number of aliphatic carboxylic acids is 2. The number of rotatable bonds is 6. The maximum Gasteiger partial charge on any atom is 0.227 e. The average molecular weight is 328 g/mol. The quantitative estimate of drug-likeness (QED) is 0.616. The fraction of sp³-hybridized carbons (Fsp3) is 0.500. The molecule has 0 aliphatic carbocycles. The number of amides is 1. The van der Waals surface area contributed by atoms with Gasteiger partial charge in [0.25, 0.3) is 0 Å². The first-order chi connectivity index (χ1) is 10.3. The predicted octanol–water partition coefficient (Wildman–Crippen LogP) is -1.07.